The van der Waals surface area contributed by atoms with Gasteiger partial charge in [-0.25, -0.2) is 14.4 Å². The number of H-pyrrole nitrogens is 2. The van der Waals surface area contributed by atoms with Crippen LogP contribution in [-0.4, -0.2) is 54.0 Å². The van der Waals surface area contributed by atoms with Gasteiger partial charge in [0.2, 0.25) is 5.78 Å². The highest BCUT2D eigenvalue weighted by Crippen LogP contribution is 2.21. The molecule has 2 aromatic rings. The number of rotatable bonds is 7. The lowest BCUT2D eigenvalue weighted by atomic mass is 10.1. The first kappa shape index (κ1) is 21.9. The van der Waals surface area contributed by atoms with Crippen molar-refractivity contribution in [2.24, 2.45) is 0 Å². The summed E-state index contributed by atoms with van der Waals surface area (Å²) in [4.78, 5) is 54.4. The number of carbonyl (C=O) groups is 4. The number of hydrogen-bond donors (Lipinski definition) is 2. The summed E-state index contributed by atoms with van der Waals surface area (Å²) in [6, 6.07) is 0. The Morgan fingerprint density at radius 3 is 1.76 bits per heavy atom. The molecule has 2 N–H and O–H groups in total. The van der Waals surface area contributed by atoms with E-state index in [-0.39, 0.29) is 29.1 Å². The van der Waals surface area contributed by atoms with E-state index in [1.807, 2.05) is 0 Å². The van der Waals surface area contributed by atoms with Crippen LogP contribution in [-0.2, 0) is 14.2 Å². The monoisotopic (exact) mass is 404 g/mol. The molecular formula is C20H24N2O7. The number of ether oxygens (including phenoxy) is 3. The number of nitrogens with one attached hydrogen (secondary N) is 2. The zero-order chi connectivity index (χ0) is 21.9. The van der Waals surface area contributed by atoms with Crippen LogP contribution in [0.25, 0.3) is 0 Å². The van der Waals surface area contributed by atoms with Gasteiger partial charge in [-0.3, -0.25) is 4.79 Å². The van der Waals surface area contributed by atoms with E-state index in [0.29, 0.717) is 22.5 Å². The minimum absolute atomic E-state index is 0.0745. The molecule has 0 saturated carbocycles. The predicted molar refractivity (Wildman–Crippen MR) is 102 cm³/mol. The normalized spacial score (nSPS) is 10.6. The molecule has 0 bridgehead atoms. The summed E-state index contributed by atoms with van der Waals surface area (Å²) in [6.07, 6.45) is 0. The van der Waals surface area contributed by atoms with Crippen LogP contribution in [0.1, 0.15) is 71.1 Å². The third-order valence-electron chi connectivity index (χ3n) is 4.56. The second-order valence-corrected chi connectivity index (χ2v) is 6.46. The number of ketones is 1. The minimum Gasteiger partial charge on any atom is -0.465 e. The fourth-order valence-corrected chi connectivity index (χ4v) is 3.21. The van der Waals surface area contributed by atoms with Crippen molar-refractivity contribution >= 4 is 23.7 Å². The number of Topliss-reactive ketones (excluding diaryl/α,β-unsaturated/α-hetero) is 1. The van der Waals surface area contributed by atoms with E-state index in [0.717, 1.165) is 0 Å². The maximum Gasteiger partial charge on any atom is 0.355 e. The maximum atomic E-state index is 12.6. The summed E-state index contributed by atoms with van der Waals surface area (Å²) < 4.78 is 14.8. The van der Waals surface area contributed by atoms with Gasteiger partial charge < -0.3 is 24.2 Å². The van der Waals surface area contributed by atoms with Crippen molar-refractivity contribution in [3.8, 4) is 0 Å². The molecule has 156 valence electrons. The molecule has 0 unspecified atom stereocenters. The van der Waals surface area contributed by atoms with Crippen LogP contribution in [0, 0.1) is 27.7 Å². The lowest BCUT2D eigenvalue weighted by Crippen LogP contribution is -2.16. The molecule has 0 amide bonds. The highest BCUT2D eigenvalue weighted by atomic mass is 16.5. The highest BCUT2D eigenvalue weighted by molar-refractivity contribution is 6.04. The third kappa shape index (κ3) is 4.23. The van der Waals surface area contributed by atoms with Crippen LogP contribution in [0.4, 0.5) is 0 Å². The van der Waals surface area contributed by atoms with Crippen molar-refractivity contribution in [3.63, 3.8) is 0 Å². The topological polar surface area (TPSA) is 128 Å². The zero-order valence-electron chi connectivity index (χ0n) is 17.3. The Balaban J connectivity index is 2.17. The van der Waals surface area contributed by atoms with Crippen LogP contribution in [0.3, 0.4) is 0 Å². The molecule has 0 spiro atoms. The van der Waals surface area contributed by atoms with Crippen LogP contribution in [0.15, 0.2) is 0 Å². The maximum absolute atomic E-state index is 12.6. The molecular weight excluding hydrogens is 380 g/mol. The van der Waals surface area contributed by atoms with Crippen molar-refractivity contribution in [2.75, 3.05) is 20.3 Å². The van der Waals surface area contributed by atoms with Gasteiger partial charge in [-0.2, -0.15) is 0 Å². The molecule has 0 aliphatic carbocycles. The van der Waals surface area contributed by atoms with Gasteiger partial charge >= 0.3 is 17.9 Å². The van der Waals surface area contributed by atoms with Gasteiger partial charge in [0.25, 0.3) is 0 Å². The van der Waals surface area contributed by atoms with Crippen LogP contribution in [0.2, 0.25) is 0 Å². The quantitative estimate of drug-likeness (QED) is 0.412. The molecule has 2 heterocycles. The fraction of sp³-hybridized carbons (Fsp3) is 0.400. The number of esters is 3. The first-order chi connectivity index (χ1) is 13.6. The van der Waals surface area contributed by atoms with E-state index in [1.165, 1.54) is 7.11 Å². The second kappa shape index (κ2) is 8.76. The fourth-order valence-electron chi connectivity index (χ4n) is 3.21. The van der Waals surface area contributed by atoms with Gasteiger partial charge in [0.1, 0.15) is 11.4 Å². The Labute approximate surface area is 167 Å². The molecule has 0 radical (unpaired) electrons. The summed E-state index contributed by atoms with van der Waals surface area (Å²) in [6.45, 7) is 7.85. The summed E-state index contributed by atoms with van der Waals surface area (Å²) >= 11 is 0. The molecule has 9 nitrogen and oxygen atoms in total. The van der Waals surface area contributed by atoms with Gasteiger partial charge in [0, 0.05) is 17.0 Å². The van der Waals surface area contributed by atoms with Crippen molar-refractivity contribution in [1.29, 1.82) is 0 Å². The summed E-state index contributed by atoms with van der Waals surface area (Å²) in [7, 11) is 1.25. The van der Waals surface area contributed by atoms with Crippen molar-refractivity contribution < 1.29 is 33.4 Å². The number of methoxy groups -OCH3 is 1. The molecule has 2 aromatic heterocycles. The Morgan fingerprint density at radius 1 is 0.759 bits per heavy atom. The van der Waals surface area contributed by atoms with Crippen molar-refractivity contribution in [1.82, 2.24) is 9.97 Å². The largest absolute Gasteiger partial charge is 0.465 e. The molecule has 2 rings (SSSR count). The Morgan fingerprint density at radius 2 is 1.24 bits per heavy atom. The van der Waals surface area contributed by atoms with E-state index in [2.05, 4.69) is 9.97 Å². The summed E-state index contributed by atoms with van der Waals surface area (Å²) in [5, 5.41) is 0. The van der Waals surface area contributed by atoms with Gasteiger partial charge in [-0.1, -0.05) is 0 Å². The van der Waals surface area contributed by atoms with Gasteiger partial charge in [-0.05, 0) is 45.7 Å². The smallest absolute Gasteiger partial charge is 0.355 e. The Hall–Kier alpha value is -3.36. The van der Waals surface area contributed by atoms with Crippen molar-refractivity contribution in [3.05, 3.63) is 45.0 Å². The third-order valence-corrected chi connectivity index (χ3v) is 4.56. The summed E-state index contributed by atoms with van der Waals surface area (Å²) in [5.41, 5.74) is 2.54. The van der Waals surface area contributed by atoms with Crippen LogP contribution in [0.5, 0.6) is 0 Å². The molecule has 0 saturated heterocycles. The average Bonchev–Trinajstić information content (AvgIpc) is 3.14. The zero-order valence-corrected chi connectivity index (χ0v) is 17.3. The first-order valence-corrected chi connectivity index (χ1v) is 8.98. The lowest BCUT2D eigenvalue weighted by molar-refractivity contribution is 0.0467. The second-order valence-electron chi connectivity index (χ2n) is 6.46. The SMILES string of the molecule is CCOC(=O)c1[nH]c(C)c(C(=O)COC(=O)c2[nH]c(C)c(C(=O)OC)c2C)c1C. The van der Waals surface area contributed by atoms with E-state index in [4.69, 9.17) is 14.2 Å². The first-order valence-electron chi connectivity index (χ1n) is 8.98. The minimum atomic E-state index is -0.773. The molecule has 0 fully saturated rings. The van der Waals surface area contributed by atoms with Gasteiger partial charge in [0.05, 0.1) is 19.3 Å². The number of aromatic nitrogens is 2. The Bertz CT molecular complexity index is 982. The van der Waals surface area contributed by atoms with E-state index in [1.54, 1.807) is 34.6 Å². The number of carbonyl (C=O) groups excluding carboxylic acids is 4. The highest BCUT2D eigenvalue weighted by Gasteiger charge is 2.26. The van der Waals surface area contributed by atoms with Crippen LogP contribution >= 0.6 is 0 Å². The van der Waals surface area contributed by atoms with E-state index in [9.17, 15) is 19.2 Å². The standard InChI is InChI=1S/C20H24N2O7/c1-7-28-19(25)16-9(2)14(11(4)21-16)13(23)8-29-20(26)17-10(3)15(12(5)22-17)18(24)27-6/h21-22H,7-8H2,1-6H3. The number of hydrogen-bond acceptors (Lipinski definition) is 7. The Kier molecular flexibility index (Phi) is 6.63. The molecule has 0 aromatic carbocycles. The van der Waals surface area contributed by atoms with E-state index < -0.39 is 30.3 Å². The lowest BCUT2D eigenvalue weighted by Gasteiger charge is -2.05. The summed E-state index contributed by atoms with van der Waals surface area (Å²) in [5.74, 6) is -2.37. The number of aromatic amines is 2. The van der Waals surface area contributed by atoms with Gasteiger partial charge in [0.15, 0.2) is 6.61 Å². The predicted octanol–water partition coefficient (Wildman–Crippen LogP) is 2.58. The number of aryl methyl sites for hydroxylation is 2. The molecule has 29 heavy (non-hydrogen) atoms. The van der Waals surface area contributed by atoms with Crippen LogP contribution < -0.4 is 0 Å². The molecule has 0 atom stereocenters. The van der Waals surface area contributed by atoms with Gasteiger partial charge in [-0.15, -0.1) is 0 Å². The molecule has 9 heteroatoms. The molecule has 0 aliphatic rings. The average molecular weight is 404 g/mol. The molecule has 0 aliphatic heterocycles. The van der Waals surface area contributed by atoms with E-state index >= 15 is 0 Å². The van der Waals surface area contributed by atoms with Crippen molar-refractivity contribution in [2.45, 2.75) is 34.6 Å².